The fraction of sp³-hybridized carbons (Fsp3) is 0.267. The lowest BCUT2D eigenvalue weighted by Crippen LogP contribution is -2.24. The minimum absolute atomic E-state index is 0.201. The molecule has 1 aromatic carbocycles. The van der Waals surface area contributed by atoms with E-state index in [2.05, 4.69) is 27.2 Å². The lowest BCUT2D eigenvalue weighted by atomic mass is 10.0. The van der Waals surface area contributed by atoms with Crippen LogP contribution in [0.3, 0.4) is 0 Å². The zero-order valence-electron chi connectivity index (χ0n) is 11.9. The van der Waals surface area contributed by atoms with Crippen LogP contribution in [0.4, 0.5) is 0 Å². The highest BCUT2D eigenvalue weighted by atomic mass is 16.2. The Kier molecular flexibility index (Phi) is 4.69. The number of aromatic nitrogens is 3. The van der Waals surface area contributed by atoms with Crippen molar-refractivity contribution in [1.29, 1.82) is 0 Å². The minimum Gasteiger partial charge on any atom is -0.384 e. The summed E-state index contributed by atoms with van der Waals surface area (Å²) in [6.07, 6.45) is 1.58. The molecule has 2 N–H and O–H groups in total. The highest BCUT2D eigenvalue weighted by Crippen LogP contribution is 2.13. The van der Waals surface area contributed by atoms with E-state index in [-0.39, 0.29) is 19.1 Å². The number of hydrogen-bond acceptors (Lipinski definition) is 4. The molecule has 0 atom stereocenters. The molecule has 0 aliphatic carbocycles. The lowest BCUT2D eigenvalue weighted by molar-refractivity contribution is 0.0949. The highest BCUT2D eigenvalue weighted by molar-refractivity contribution is 5.96. The molecule has 0 saturated heterocycles. The van der Waals surface area contributed by atoms with Gasteiger partial charge in [-0.1, -0.05) is 17.9 Å². The maximum atomic E-state index is 12.2. The number of hydrogen-bond donors (Lipinski definition) is 2. The first-order valence-corrected chi connectivity index (χ1v) is 6.44. The van der Waals surface area contributed by atoms with E-state index in [9.17, 15) is 4.79 Å². The molecule has 6 heteroatoms. The normalized spacial score (nSPS) is 9.86. The van der Waals surface area contributed by atoms with Crippen molar-refractivity contribution in [3.05, 3.63) is 47.0 Å². The van der Waals surface area contributed by atoms with Gasteiger partial charge in [-0.2, -0.15) is 5.10 Å². The molecule has 0 radical (unpaired) electrons. The molecule has 0 bridgehead atoms. The standard InChI is InChI=1S/C15H16N4O2/c1-11-12(6-4-8-20)5-3-7-13(11)15(21)16-9-14-17-10-19(2)18-14/h3,5,7,10,20H,8-9H2,1-2H3,(H,16,21). The van der Waals surface area contributed by atoms with E-state index in [1.807, 2.05) is 13.0 Å². The number of carbonyl (C=O) groups excluding carboxylic acids is 1. The van der Waals surface area contributed by atoms with E-state index in [1.165, 1.54) is 0 Å². The third-order valence-electron chi connectivity index (χ3n) is 2.93. The molecule has 0 saturated carbocycles. The maximum Gasteiger partial charge on any atom is 0.251 e. The van der Waals surface area contributed by atoms with Gasteiger partial charge < -0.3 is 10.4 Å². The smallest absolute Gasteiger partial charge is 0.251 e. The summed E-state index contributed by atoms with van der Waals surface area (Å²) < 4.78 is 1.58. The zero-order valence-corrected chi connectivity index (χ0v) is 11.9. The fourth-order valence-electron chi connectivity index (χ4n) is 1.87. The molecule has 0 fully saturated rings. The zero-order chi connectivity index (χ0) is 15.2. The predicted molar refractivity (Wildman–Crippen MR) is 77.3 cm³/mol. The molecule has 1 amide bonds. The molecule has 0 aliphatic heterocycles. The Bertz CT molecular complexity index is 710. The van der Waals surface area contributed by atoms with E-state index in [1.54, 1.807) is 30.2 Å². The number of aliphatic hydroxyl groups is 1. The summed E-state index contributed by atoms with van der Waals surface area (Å²) in [5.74, 6) is 5.76. The molecule has 0 aliphatic rings. The molecule has 6 nitrogen and oxygen atoms in total. The molecular formula is C15H16N4O2. The second kappa shape index (κ2) is 6.68. The van der Waals surface area contributed by atoms with Crippen LogP contribution < -0.4 is 5.32 Å². The van der Waals surface area contributed by atoms with Crippen molar-refractivity contribution < 1.29 is 9.90 Å². The molecule has 2 rings (SSSR count). The molecular weight excluding hydrogens is 268 g/mol. The Hall–Kier alpha value is -2.65. The SMILES string of the molecule is Cc1c(C#CCO)cccc1C(=O)NCc1ncn(C)n1. The van der Waals surface area contributed by atoms with Crippen molar-refractivity contribution in [2.75, 3.05) is 6.61 Å². The number of carbonyl (C=O) groups is 1. The third-order valence-corrected chi connectivity index (χ3v) is 2.93. The molecule has 108 valence electrons. The van der Waals surface area contributed by atoms with Gasteiger partial charge in [0, 0.05) is 18.2 Å². The molecule has 1 aromatic heterocycles. The Morgan fingerprint density at radius 2 is 2.29 bits per heavy atom. The van der Waals surface area contributed by atoms with Crippen molar-refractivity contribution in [3.63, 3.8) is 0 Å². The van der Waals surface area contributed by atoms with Crippen LogP contribution in [-0.4, -0.2) is 32.4 Å². The van der Waals surface area contributed by atoms with Crippen LogP contribution in [0.25, 0.3) is 0 Å². The third kappa shape index (κ3) is 3.68. The predicted octanol–water partition coefficient (Wildman–Crippen LogP) is 0.397. The number of amides is 1. The number of nitrogens with zero attached hydrogens (tertiary/aromatic N) is 3. The molecule has 0 unspecified atom stereocenters. The second-order valence-corrected chi connectivity index (χ2v) is 4.46. The van der Waals surface area contributed by atoms with Gasteiger partial charge in [-0.25, -0.2) is 4.98 Å². The number of aliphatic hydroxyl groups excluding tert-OH is 1. The quantitative estimate of drug-likeness (QED) is 0.799. The van der Waals surface area contributed by atoms with Crippen molar-refractivity contribution in [3.8, 4) is 11.8 Å². The van der Waals surface area contributed by atoms with Crippen molar-refractivity contribution >= 4 is 5.91 Å². The fourth-order valence-corrected chi connectivity index (χ4v) is 1.87. The van der Waals surface area contributed by atoms with Crippen molar-refractivity contribution in [2.24, 2.45) is 7.05 Å². The molecule has 21 heavy (non-hydrogen) atoms. The van der Waals surface area contributed by atoms with Gasteiger partial charge in [0.05, 0.1) is 6.54 Å². The van der Waals surface area contributed by atoms with E-state index in [0.29, 0.717) is 11.4 Å². The van der Waals surface area contributed by atoms with E-state index >= 15 is 0 Å². The number of aryl methyl sites for hydroxylation is 1. The highest BCUT2D eigenvalue weighted by Gasteiger charge is 2.11. The summed E-state index contributed by atoms with van der Waals surface area (Å²) in [4.78, 5) is 16.2. The largest absolute Gasteiger partial charge is 0.384 e. The van der Waals surface area contributed by atoms with Gasteiger partial charge in [-0.05, 0) is 24.6 Å². The summed E-state index contributed by atoms with van der Waals surface area (Å²) in [7, 11) is 1.77. The van der Waals surface area contributed by atoms with Gasteiger partial charge in [-0.3, -0.25) is 9.48 Å². The van der Waals surface area contributed by atoms with Gasteiger partial charge in [-0.15, -0.1) is 0 Å². The van der Waals surface area contributed by atoms with Crippen molar-refractivity contribution in [1.82, 2.24) is 20.1 Å². The summed E-state index contributed by atoms with van der Waals surface area (Å²) in [6.45, 7) is 1.89. The molecule has 0 spiro atoms. The molecule has 1 heterocycles. The maximum absolute atomic E-state index is 12.2. The number of nitrogens with one attached hydrogen (secondary N) is 1. The minimum atomic E-state index is -0.207. The van der Waals surface area contributed by atoms with Crippen LogP contribution >= 0.6 is 0 Å². The summed E-state index contributed by atoms with van der Waals surface area (Å²) in [5.41, 5.74) is 2.06. The Labute approximate surface area is 122 Å². The van der Waals surface area contributed by atoms with Gasteiger partial charge in [0.2, 0.25) is 0 Å². The summed E-state index contributed by atoms with van der Waals surface area (Å²) in [6, 6.07) is 5.32. The van der Waals surface area contributed by atoms with Gasteiger partial charge in [0.1, 0.15) is 12.9 Å². The average molecular weight is 284 g/mol. The van der Waals surface area contributed by atoms with Crippen LogP contribution in [0, 0.1) is 18.8 Å². The van der Waals surface area contributed by atoms with E-state index in [4.69, 9.17) is 5.11 Å². The van der Waals surface area contributed by atoms with Crippen LogP contribution in [-0.2, 0) is 13.6 Å². The van der Waals surface area contributed by atoms with E-state index in [0.717, 1.165) is 11.1 Å². The van der Waals surface area contributed by atoms with E-state index < -0.39 is 0 Å². The number of rotatable bonds is 3. The summed E-state index contributed by atoms with van der Waals surface area (Å²) in [5, 5.41) is 15.6. The topological polar surface area (TPSA) is 80.0 Å². The first-order valence-electron chi connectivity index (χ1n) is 6.44. The monoisotopic (exact) mass is 284 g/mol. The van der Waals surface area contributed by atoms with Gasteiger partial charge in [0.15, 0.2) is 5.82 Å². The van der Waals surface area contributed by atoms with Crippen LogP contribution in [0.15, 0.2) is 24.5 Å². The Morgan fingerprint density at radius 3 is 2.95 bits per heavy atom. The first-order chi connectivity index (χ1) is 10.1. The second-order valence-electron chi connectivity index (χ2n) is 4.46. The molecule has 2 aromatic rings. The number of benzene rings is 1. The van der Waals surface area contributed by atoms with Gasteiger partial charge >= 0.3 is 0 Å². The summed E-state index contributed by atoms with van der Waals surface area (Å²) >= 11 is 0. The lowest BCUT2D eigenvalue weighted by Gasteiger charge is -2.07. The van der Waals surface area contributed by atoms with Crippen LogP contribution in [0.1, 0.15) is 27.3 Å². The average Bonchev–Trinajstić information content (AvgIpc) is 2.89. The van der Waals surface area contributed by atoms with Crippen LogP contribution in [0.5, 0.6) is 0 Å². The van der Waals surface area contributed by atoms with Gasteiger partial charge in [0.25, 0.3) is 5.91 Å². The Balaban J connectivity index is 2.12. The first kappa shape index (κ1) is 14.8. The Morgan fingerprint density at radius 1 is 1.48 bits per heavy atom. The van der Waals surface area contributed by atoms with Crippen LogP contribution in [0.2, 0.25) is 0 Å². The van der Waals surface area contributed by atoms with Crippen molar-refractivity contribution in [2.45, 2.75) is 13.5 Å².